The molecule has 0 heterocycles. The number of benzene rings is 1. The molecule has 4 atom stereocenters. The highest BCUT2D eigenvalue weighted by Gasteiger charge is 2.54. The molecule has 28 heavy (non-hydrogen) atoms. The third kappa shape index (κ3) is 4.66. The zero-order valence-corrected chi connectivity index (χ0v) is 16.1. The molecule has 11 heteroatoms. The van der Waals surface area contributed by atoms with Gasteiger partial charge in [0.05, 0.1) is 17.1 Å². The molecule has 0 saturated heterocycles. The fourth-order valence-corrected chi connectivity index (χ4v) is 3.84. The van der Waals surface area contributed by atoms with Crippen LogP contribution in [-0.2, 0) is 19.2 Å². The SMILES string of the molecule is C[C@@H]1CC(=O)[C@H](CC(=O)O)[C@@H]1[C@@H](C(=O)C(=O)Nc1cc(Cl)ccc1Cl)[N+](=O)[O-]. The fraction of sp³-hybridized carbons (Fsp3) is 0.412. The molecule has 1 aliphatic rings. The number of nitrogens with zero attached hydrogens (tertiary/aromatic N) is 1. The second-order valence-electron chi connectivity index (χ2n) is 6.60. The van der Waals surface area contributed by atoms with E-state index in [9.17, 15) is 29.3 Å². The van der Waals surface area contributed by atoms with Crippen LogP contribution in [0.4, 0.5) is 5.69 Å². The van der Waals surface area contributed by atoms with Gasteiger partial charge in [-0.15, -0.1) is 0 Å². The van der Waals surface area contributed by atoms with Crippen LogP contribution >= 0.6 is 23.2 Å². The topological polar surface area (TPSA) is 144 Å². The van der Waals surface area contributed by atoms with Crippen molar-refractivity contribution in [3.8, 4) is 0 Å². The van der Waals surface area contributed by atoms with E-state index < -0.39 is 58.6 Å². The molecule has 150 valence electrons. The number of carbonyl (C=O) groups is 4. The Kier molecular flexibility index (Phi) is 6.73. The highest BCUT2D eigenvalue weighted by molar-refractivity contribution is 6.44. The lowest BCUT2D eigenvalue weighted by molar-refractivity contribution is -0.518. The first kappa shape index (κ1) is 21.8. The van der Waals surface area contributed by atoms with Crippen molar-refractivity contribution in [2.24, 2.45) is 17.8 Å². The number of nitrogens with one attached hydrogen (secondary N) is 1. The zero-order valence-electron chi connectivity index (χ0n) is 14.6. The molecule has 1 saturated carbocycles. The van der Waals surface area contributed by atoms with E-state index >= 15 is 0 Å². The van der Waals surface area contributed by atoms with Crippen molar-refractivity contribution in [3.63, 3.8) is 0 Å². The highest BCUT2D eigenvalue weighted by atomic mass is 35.5. The molecule has 0 aliphatic heterocycles. The number of hydrogen-bond donors (Lipinski definition) is 2. The second kappa shape index (κ2) is 8.66. The van der Waals surface area contributed by atoms with Crippen LogP contribution in [0.25, 0.3) is 0 Å². The zero-order chi connectivity index (χ0) is 21.2. The molecular weight excluding hydrogens is 415 g/mol. The number of halogens is 2. The largest absolute Gasteiger partial charge is 0.481 e. The summed E-state index contributed by atoms with van der Waals surface area (Å²) in [6, 6.07) is 2.04. The van der Waals surface area contributed by atoms with E-state index in [4.69, 9.17) is 28.3 Å². The first-order chi connectivity index (χ1) is 13.0. The minimum atomic E-state index is -2.05. The molecule has 9 nitrogen and oxygen atoms in total. The molecule has 1 aromatic carbocycles. The van der Waals surface area contributed by atoms with Gasteiger partial charge in [0, 0.05) is 28.2 Å². The first-order valence-corrected chi connectivity index (χ1v) is 8.96. The summed E-state index contributed by atoms with van der Waals surface area (Å²) >= 11 is 11.7. The number of nitro groups is 1. The summed E-state index contributed by atoms with van der Waals surface area (Å²) in [6.07, 6.45) is -0.741. The predicted molar refractivity (Wildman–Crippen MR) is 98.9 cm³/mol. The Morgan fingerprint density at radius 1 is 1.36 bits per heavy atom. The molecule has 0 unspecified atom stereocenters. The third-order valence-electron chi connectivity index (χ3n) is 4.71. The van der Waals surface area contributed by atoms with Gasteiger partial charge in [-0.1, -0.05) is 30.1 Å². The average molecular weight is 431 g/mol. The van der Waals surface area contributed by atoms with Crippen LogP contribution in [0.3, 0.4) is 0 Å². The third-order valence-corrected chi connectivity index (χ3v) is 5.28. The quantitative estimate of drug-likeness (QED) is 0.383. The lowest BCUT2D eigenvalue weighted by Gasteiger charge is -2.22. The number of carboxylic acid groups (broad SMARTS) is 1. The van der Waals surface area contributed by atoms with E-state index in [1.807, 2.05) is 0 Å². The number of hydrogen-bond acceptors (Lipinski definition) is 6. The summed E-state index contributed by atoms with van der Waals surface area (Å²) in [5.74, 6) is -7.52. The summed E-state index contributed by atoms with van der Waals surface area (Å²) in [4.78, 5) is 58.7. The van der Waals surface area contributed by atoms with Gasteiger partial charge in [-0.25, -0.2) is 0 Å². The molecule has 1 aliphatic carbocycles. The maximum atomic E-state index is 12.6. The van der Waals surface area contributed by atoms with Crippen molar-refractivity contribution in [1.82, 2.24) is 0 Å². The van der Waals surface area contributed by atoms with E-state index in [0.29, 0.717) is 0 Å². The normalized spacial score (nSPS) is 22.5. The Morgan fingerprint density at radius 2 is 2.00 bits per heavy atom. The van der Waals surface area contributed by atoms with E-state index in [2.05, 4.69) is 5.32 Å². The molecule has 0 aromatic heterocycles. The maximum Gasteiger partial charge on any atom is 0.304 e. The second-order valence-corrected chi connectivity index (χ2v) is 7.45. The lowest BCUT2D eigenvalue weighted by Crippen LogP contribution is -2.46. The maximum absolute atomic E-state index is 12.6. The highest BCUT2D eigenvalue weighted by Crippen LogP contribution is 2.40. The Morgan fingerprint density at radius 3 is 2.57 bits per heavy atom. The van der Waals surface area contributed by atoms with Crippen LogP contribution in [0.15, 0.2) is 18.2 Å². The van der Waals surface area contributed by atoms with Gasteiger partial charge in [-0.05, 0) is 24.1 Å². The monoisotopic (exact) mass is 430 g/mol. The van der Waals surface area contributed by atoms with E-state index in [0.717, 1.165) is 0 Å². The summed E-state index contributed by atoms with van der Waals surface area (Å²) in [6.45, 7) is 1.51. The van der Waals surface area contributed by atoms with Crippen LogP contribution in [0.5, 0.6) is 0 Å². The van der Waals surface area contributed by atoms with Crippen LogP contribution < -0.4 is 5.32 Å². The van der Waals surface area contributed by atoms with Crippen LogP contribution in [0, 0.1) is 27.9 Å². The van der Waals surface area contributed by atoms with Gasteiger partial charge in [0.2, 0.25) is 0 Å². The molecule has 1 aromatic rings. The van der Waals surface area contributed by atoms with E-state index in [1.54, 1.807) is 0 Å². The Balaban J connectivity index is 2.31. The molecule has 1 fully saturated rings. The Bertz CT molecular complexity index is 858. The van der Waals surface area contributed by atoms with Crippen molar-refractivity contribution in [3.05, 3.63) is 38.4 Å². The standard InChI is InChI=1S/C17H16Cl2N2O7/c1-7-4-12(22)9(6-13(23)24)14(7)15(21(27)28)16(25)17(26)20-11-5-8(18)2-3-10(11)19/h2-3,5,7,9,14-15H,4,6H2,1H3,(H,20,26)(H,23,24)/t7-,9+,14-,15+/m1/s1. The summed E-state index contributed by atoms with van der Waals surface area (Å²) in [7, 11) is 0. The molecule has 1 amide bonds. The Hall–Kier alpha value is -2.52. The van der Waals surface area contributed by atoms with Gasteiger partial charge < -0.3 is 10.4 Å². The molecule has 0 spiro atoms. The molecule has 2 N–H and O–H groups in total. The number of Topliss-reactive ketones (excluding diaryl/α,β-unsaturated/α-hetero) is 2. The van der Waals surface area contributed by atoms with E-state index in [1.165, 1.54) is 25.1 Å². The lowest BCUT2D eigenvalue weighted by atomic mass is 9.80. The number of carbonyl (C=O) groups excluding carboxylic acids is 3. The smallest absolute Gasteiger partial charge is 0.304 e. The molecular formula is C17H16Cl2N2O7. The van der Waals surface area contributed by atoms with Gasteiger partial charge in [0.1, 0.15) is 5.78 Å². The number of carboxylic acids is 1. The van der Waals surface area contributed by atoms with Crippen molar-refractivity contribution in [1.29, 1.82) is 0 Å². The average Bonchev–Trinajstić information content (AvgIpc) is 2.84. The first-order valence-electron chi connectivity index (χ1n) is 8.21. The molecule has 2 rings (SSSR count). The van der Waals surface area contributed by atoms with Gasteiger partial charge in [0.25, 0.3) is 17.7 Å². The fourth-order valence-electron chi connectivity index (χ4n) is 3.51. The summed E-state index contributed by atoms with van der Waals surface area (Å²) < 4.78 is 0. The number of anilines is 1. The van der Waals surface area contributed by atoms with Gasteiger partial charge in [-0.2, -0.15) is 0 Å². The number of aliphatic carboxylic acids is 1. The Labute approximate surface area is 169 Å². The van der Waals surface area contributed by atoms with Crippen LogP contribution in [0.1, 0.15) is 19.8 Å². The molecule has 0 bridgehead atoms. The van der Waals surface area contributed by atoms with Gasteiger partial charge >= 0.3 is 5.97 Å². The number of amides is 1. The summed E-state index contributed by atoms with van der Waals surface area (Å²) in [5, 5.41) is 23.1. The van der Waals surface area contributed by atoms with Crippen molar-refractivity contribution in [2.75, 3.05) is 5.32 Å². The number of ketones is 2. The van der Waals surface area contributed by atoms with Crippen molar-refractivity contribution >= 4 is 52.3 Å². The molecule has 0 radical (unpaired) electrons. The van der Waals surface area contributed by atoms with Crippen LogP contribution in [0.2, 0.25) is 10.0 Å². The summed E-state index contributed by atoms with van der Waals surface area (Å²) in [5.41, 5.74) is -0.00718. The predicted octanol–water partition coefficient (Wildman–Crippen LogP) is 2.46. The van der Waals surface area contributed by atoms with Gasteiger partial charge in [0.15, 0.2) is 0 Å². The van der Waals surface area contributed by atoms with Gasteiger partial charge in [-0.3, -0.25) is 29.3 Å². The minimum Gasteiger partial charge on any atom is -0.481 e. The van der Waals surface area contributed by atoms with E-state index in [-0.39, 0.29) is 22.2 Å². The van der Waals surface area contributed by atoms with Crippen molar-refractivity contribution < 1.29 is 29.2 Å². The van der Waals surface area contributed by atoms with Crippen molar-refractivity contribution in [2.45, 2.75) is 25.8 Å². The number of rotatable bonds is 7. The van der Waals surface area contributed by atoms with Crippen LogP contribution in [-0.4, -0.2) is 39.5 Å². The minimum absolute atomic E-state index is 0.00718.